The minimum Gasteiger partial charge on any atom is -0.329 e. The molecule has 7 heteroatoms. The lowest BCUT2D eigenvalue weighted by molar-refractivity contribution is 0.0954. The van der Waals surface area contributed by atoms with Crippen molar-refractivity contribution in [2.24, 2.45) is 0 Å². The van der Waals surface area contributed by atoms with Crippen LogP contribution in [0.4, 0.5) is 13.6 Å². The first-order valence-electron chi connectivity index (χ1n) is 6.79. The average molecular weight is 319 g/mol. The second-order valence-electron chi connectivity index (χ2n) is 5.37. The number of nitrogens with zero attached hydrogens (tertiary/aromatic N) is 1. The van der Waals surface area contributed by atoms with Crippen molar-refractivity contribution >= 4 is 11.9 Å². The van der Waals surface area contributed by atoms with Crippen molar-refractivity contribution < 1.29 is 18.4 Å². The predicted octanol–water partition coefficient (Wildman–Crippen LogP) is 2.73. The van der Waals surface area contributed by atoms with Gasteiger partial charge >= 0.3 is 6.03 Å². The summed E-state index contributed by atoms with van der Waals surface area (Å²) in [6.45, 7) is 3.44. The Morgan fingerprint density at radius 3 is 2.17 bits per heavy atom. The standard InChI is InChI=1S/C16H15F2N3O2/c1-16(2,10-6-8-19-9-7-10)21-15(23)20-14(22)13-11(17)4-3-5-12(13)18/h3-9H,1-2H3,(H2,20,21,22,23). The van der Waals surface area contributed by atoms with Crippen LogP contribution in [0.15, 0.2) is 42.7 Å². The average Bonchev–Trinajstić information content (AvgIpc) is 2.47. The molecular weight excluding hydrogens is 304 g/mol. The van der Waals surface area contributed by atoms with E-state index >= 15 is 0 Å². The third kappa shape index (κ3) is 3.88. The molecule has 0 bridgehead atoms. The van der Waals surface area contributed by atoms with Gasteiger partial charge in [0.25, 0.3) is 5.91 Å². The number of hydrogen-bond donors (Lipinski definition) is 2. The van der Waals surface area contributed by atoms with Crippen LogP contribution in [0.25, 0.3) is 0 Å². The van der Waals surface area contributed by atoms with Gasteiger partial charge in [0.05, 0.1) is 5.54 Å². The SMILES string of the molecule is CC(C)(NC(=O)NC(=O)c1c(F)cccc1F)c1ccncc1. The van der Waals surface area contributed by atoms with Gasteiger partial charge < -0.3 is 5.32 Å². The summed E-state index contributed by atoms with van der Waals surface area (Å²) < 4.78 is 27.0. The number of carbonyl (C=O) groups is 2. The number of nitrogens with one attached hydrogen (secondary N) is 2. The Bertz CT molecular complexity index is 713. The van der Waals surface area contributed by atoms with E-state index in [-0.39, 0.29) is 0 Å². The van der Waals surface area contributed by atoms with E-state index in [4.69, 9.17) is 0 Å². The van der Waals surface area contributed by atoms with Crippen LogP contribution in [0.3, 0.4) is 0 Å². The number of urea groups is 1. The zero-order valence-electron chi connectivity index (χ0n) is 12.6. The van der Waals surface area contributed by atoms with Crippen molar-refractivity contribution in [3.63, 3.8) is 0 Å². The third-order valence-electron chi connectivity index (χ3n) is 3.24. The van der Waals surface area contributed by atoms with Gasteiger partial charge in [-0.1, -0.05) is 6.07 Å². The number of imide groups is 1. The molecule has 120 valence electrons. The molecule has 1 aromatic carbocycles. The van der Waals surface area contributed by atoms with Gasteiger partial charge in [0.15, 0.2) is 0 Å². The van der Waals surface area contributed by atoms with Gasteiger partial charge in [0.1, 0.15) is 17.2 Å². The van der Waals surface area contributed by atoms with Crippen molar-refractivity contribution in [2.45, 2.75) is 19.4 Å². The fourth-order valence-electron chi connectivity index (χ4n) is 2.04. The highest BCUT2D eigenvalue weighted by Crippen LogP contribution is 2.18. The summed E-state index contributed by atoms with van der Waals surface area (Å²) in [7, 11) is 0. The molecule has 0 saturated heterocycles. The van der Waals surface area contributed by atoms with E-state index < -0.39 is 34.7 Å². The Morgan fingerprint density at radius 1 is 1.04 bits per heavy atom. The second kappa shape index (κ2) is 6.51. The lowest BCUT2D eigenvalue weighted by Crippen LogP contribution is -2.48. The monoisotopic (exact) mass is 319 g/mol. The van der Waals surface area contributed by atoms with Crippen LogP contribution in [0.1, 0.15) is 29.8 Å². The summed E-state index contributed by atoms with van der Waals surface area (Å²) in [5.41, 5.74) is -0.849. The van der Waals surface area contributed by atoms with Crippen LogP contribution in [0.5, 0.6) is 0 Å². The first-order valence-corrected chi connectivity index (χ1v) is 6.79. The van der Waals surface area contributed by atoms with Gasteiger partial charge in [0.2, 0.25) is 0 Å². The number of amides is 3. The lowest BCUT2D eigenvalue weighted by Gasteiger charge is -2.26. The Balaban J connectivity index is 2.09. The maximum absolute atomic E-state index is 13.5. The third-order valence-corrected chi connectivity index (χ3v) is 3.24. The summed E-state index contributed by atoms with van der Waals surface area (Å²) in [5, 5.41) is 4.49. The fraction of sp³-hybridized carbons (Fsp3) is 0.188. The van der Waals surface area contributed by atoms with Crippen molar-refractivity contribution in [3.05, 3.63) is 65.5 Å². The molecule has 0 aliphatic rings. The van der Waals surface area contributed by atoms with E-state index in [0.29, 0.717) is 0 Å². The molecule has 2 rings (SSSR count). The molecule has 0 atom stereocenters. The highest BCUT2D eigenvalue weighted by atomic mass is 19.1. The van der Waals surface area contributed by atoms with E-state index in [1.54, 1.807) is 38.4 Å². The number of aromatic nitrogens is 1. The Labute approximate surface area is 131 Å². The Morgan fingerprint density at radius 2 is 1.61 bits per heavy atom. The highest BCUT2D eigenvalue weighted by Gasteiger charge is 2.25. The number of halogens is 2. The summed E-state index contributed by atoms with van der Waals surface area (Å²) in [6, 6.07) is 5.57. The number of pyridine rings is 1. The molecule has 2 N–H and O–H groups in total. The molecule has 0 radical (unpaired) electrons. The smallest absolute Gasteiger partial charge is 0.322 e. The topological polar surface area (TPSA) is 71.1 Å². The molecule has 0 spiro atoms. The molecule has 0 unspecified atom stereocenters. The second-order valence-corrected chi connectivity index (χ2v) is 5.37. The van der Waals surface area contributed by atoms with Crippen molar-refractivity contribution in [1.29, 1.82) is 0 Å². The van der Waals surface area contributed by atoms with Gasteiger partial charge in [-0.25, -0.2) is 13.6 Å². The maximum Gasteiger partial charge on any atom is 0.322 e. The molecule has 23 heavy (non-hydrogen) atoms. The molecule has 0 saturated carbocycles. The minimum atomic E-state index is -1.15. The van der Waals surface area contributed by atoms with Crippen LogP contribution in [0, 0.1) is 11.6 Å². The molecule has 5 nitrogen and oxygen atoms in total. The Kier molecular flexibility index (Phi) is 4.68. The van der Waals surface area contributed by atoms with Crippen molar-refractivity contribution in [1.82, 2.24) is 15.6 Å². The predicted molar refractivity (Wildman–Crippen MR) is 79.6 cm³/mol. The molecule has 3 amide bonds. The van der Waals surface area contributed by atoms with Crippen molar-refractivity contribution in [3.8, 4) is 0 Å². The van der Waals surface area contributed by atoms with Crippen LogP contribution in [0.2, 0.25) is 0 Å². The van der Waals surface area contributed by atoms with Gasteiger partial charge in [-0.05, 0) is 43.7 Å². The number of carbonyl (C=O) groups excluding carboxylic acids is 2. The molecule has 0 aliphatic heterocycles. The summed E-state index contributed by atoms with van der Waals surface area (Å²) >= 11 is 0. The van der Waals surface area contributed by atoms with E-state index in [0.717, 1.165) is 23.8 Å². The van der Waals surface area contributed by atoms with E-state index in [2.05, 4.69) is 10.3 Å². The summed E-state index contributed by atoms with van der Waals surface area (Å²) in [4.78, 5) is 27.7. The summed E-state index contributed by atoms with van der Waals surface area (Å²) in [5.74, 6) is -3.23. The molecular formula is C16H15F2N3O2. The van der Waals surface area contributed by atoms with Crippen LogP contribution < -0.4 is 10.6 Å². The van der Waals surface area contributed by atoms with E-state index in [9.17, 15) is 18.4 Å². The number of hydrogen-bond acceptors (Lipinski definition) is 3. The van der Waals surface area contributed by atoms with Gasteiger partial charge in [-0.3, -0.25) is 15.1 Å². The zero-order chi connectivity index (χ0) is 17.0. The van der Waals surface area contributed by atoms with E-state index in [1.165, 1.54) is 0 Å². The van der Waals surface area contributed by atoms with Crippen LogP contribution in [-0.2, 0) is 5.54 Å². The normalized spacial score (nSPS) is 11.0. The molecule has 2 aromatic rings. The zero-order valence-corrected chi connectivity index (χ0v) is 12.6. The Hall–Kier alpha value is -2.83. The van der Waals surface area contributed by atoms with Gasteiger partial charge in [0, 0.05) is 12.4 Å². The van der Waals surface area contributed by atoms with Crippen LogP contribution in [-0.4, -0.2) is 16.9 Å². The largest absolute Gasteiger partial charge is 0.329 e. The molecule has 1 heterocycles. The molecule has 1 aromatic heterocycles. The highest BCUT2D eigenvalue weighted by molar-refractivity contribution is 6.04. The molecule has 0 aliphatic carbocycles. The maximum atomic E-state index is 13.5. The lowest BCUT2D eigenvalue weighted by atomic mass is 9.96. The van der Waals surface area contributed by atoms with E-state index in [1.807, 2.05) is 5.32 Å². The minimum absolute atomic E-state index is 0.757. The first-order chi connectivity index (χ1) is 10.8. The van der Waals surface area contributed by atoms with Crippen LogP contribution >= 0.6 is 0 Å². The first kappa shape index (κ1) is 16.5. The van der Waals surface area contributed by atoms with Gasteiger partial charge in [-0.2, -0.15) is 0 Å². The van der Waals surface area contributed by atoms with Gasteiger partial charge in [-0.15, -0.1) is 0 Å². The molecule has 0 fully saturated rings. The quantitative estimate of drug-likeness (QED) is 0.914. The fourth-order valence-corrected chi connectivity index (χ4v) is 2.04. The van der Waals surface area contributed by atoms with Crippen molar-refractivity contribution in [2.75, 3.05) is 0 Å². The summed E-state index contributed by atoms with van der Waals surface area (Å²) in [6.07, 6.45) is 3.13. The number of benzene rings is 1. The number of rotatable bonds is 3.